The van der Waals surface area contributed by atoms with Crippen LogP contribution in [0.3, 0.4) is 0 Å². The van der Waals surface area contributed by atoms with Crippen LogP contribution in [0, 0.1) is 0 Å². The molecule has 5 rings (SSSR count). The molecule has 1 aromatic carbocycles. The average Bonchev–Trinajstić information content (AvgIpc) is 3.36. The topological polar surface area (TPSA) is 73.7 Å². The van der Waals surface area contributed by atoms with Gasteiger partial charge in [0.15, 0.2) is 5.76 Å². The number of nitrogens with zero attached hydrogens (tertiary/aromatic N) is 5. The summed E-state index contributed by atoms with van der Waals surface area (Å²) in [5.74, 6) is 1.89. The number of hydrogen-bond donors (Lipinski definition) is 1. The van der Waals surface area contributed by atoms with Gasteiger partial charge in [0.25, 0.3) is 0 Å². The van der Waals surface area contributed by atoms with Crippen molar-refractivity contribution in [2.75, 3.05) is 0 Å². The van der Waals surface area contributed by atoms with Crippen LogP contribution in [0.5, 0.6) is 0 Å². The monoisotopic (exact) mass is 348 g/mol. The van der Waals surface area contributed by atoms with Gasteiger partial charge >= 0.3 is 0 Å². The van der Waals surface area contributed by atoms with Crippen molar-refractivity contribution >= 4 is 11.0 Å². The highest BCUT2D eigenvalue weighted by Gasteiger charge is 2.21. The molecule has 0 fully saturated rings. The Morgan fingerprint density at radius 1 is 1.31 bits per heavy atom. The van der Waals surface area contributed by atoms with Crippen LogP contribution in [0.15, 0.2) is 47.3 Å². The second-order valence-electron chi connectivity index (χ2n) is 6.80. The zero-order chi connectivity index (χ0) is 17.5. The molecule has 0 amide bonds. The first-order valence-electron chi connectivity index (χ1n) is 8.88. The van der Waals surface area contributed by atoms with Gasteiger partial charge in [-0.15, -0.1) is 0 Å². The highest BCUT2D eigenvalue weighted by molar-refractivity contribution is 5.82. The molecule has 0 saturated carbocycles. The van der Waals surface area contributed by atoms with Crippen molar-refractivity contribution in [1.29, 1.82) is 0 Å². The standard InChI is InChI=1S/C19H20N6O/c1-24-10-14(9-20-15-6-7-18-21-12-22-25(18)11-15)19(23-24)17-8-13-4-2-3-5-16(13)26-17/h2-5,8,10,12,15,20H,6-7,9,11H2,1H3/t15-/m1/s1. The number of nitrogens with one attached hydrogen (secondary N) is 1. The van der Waals surface area contributed by atoms with Crippen molar-refractivity contribution in [3.63, 3.8) is 0 Å². The molecular formula is C19H20N6O. The number of furan rings is 1. The largest absolute Gasteiger partial charge is 0.454 e. The fourth-order valence-corrected chi connectivity index (χ4v) is 3.63. The fourth-order valence-electron chi connectivity index (χ4n) is 3.63. The maximum Gasteiger partial charge on any atom is 0.156 e. The van der Waals surface area contributed by atoms with Gasteiger partial charge in [-0.25, -0.2) is 9.67 Å². The summed E-state index contributed by atoms with van der Waals surface area (Å²) >= 11 is 0. The summed E-state index contributed by atoms with van der Waals surface area (Å²) in [6.45, 7) is 1.60. The number of aromatic nitrogens is 5. The number of rotatable bonds is 4. The first-order chi connectivity index (χ1) is 12.8. The second-order valence-corrected chi connectivity index (χ2v) is 6.80. The minimum Gasteiger partial charge on any atom is -0.454 e. The van der Waals surface area contributed by atoms with E-state index in [4.69, 9.17) is 4.42 Å². The molecule has 7 nitrogen and oxygen atoms in total. The number of para-hydroxylation sites is 1. The second kappa shape index (κ2) is 6.10. The molecule has 0 saturated heterocycles. The highest BCUT2D eigenvalue weighted by atomic mass is 16.3. The van der Waals surface area contributed by atoms with Gasteiger partial charge in [0.1, 0.15) is 23.4 Å². The lowest BCUT2D eigenvalue weighted by molar-refractivity contribution is 0.358. The van der Waals surface area contributed by atoms with Crippen molar-refractivity contribution in [1.82, 2.24) is 29.9 Å². The summed E-state index contributed by atoms with van der Waals surface area (Å²) in [6.07, 6.45) is 5.72. The third-order valence-electron chi connectivity index (χ3n) is 4.95. The highest BCUT2D eigenvalue weighted by Crippen LogP contribution is 2.29. The molecule has 1 N–H and O–H groups in total. The Morgan fingerprint density at radius 3 is 3.15 bits per heavy atom. The maximum absolute atomic E-state index is 6.01. The maximum atomic E-state index is 6.01. The molecule has 4 heterocycles. The summed E-state index contributed by atoms with van der Waals surface area (Å²) in [4.78, 5) is 4.29. The smallest absolute Gasteiger partial charge is 0.156 e. The third kappa shape index (κ3) is 2.70. The van der Waals surface area contributed by atoms with E-state index in [1.165, 1.54) is 0 Å². The Bertz CT molecular complexity index is 1030. The van der Waals surface area contributed by atoms with Gasteiger partial charge in [0.05, 0.1) is 6.54 Å². The van der Waals surface area contributed by atoms with Gasteiger partial charge in [-0.3, -0.25) is 4.68 Å². The van der Waals surface area contributed by atoms with Crippen molar-refractivity contribution in [3.8, 4) is 11.5 Å². The van der Waals surface area contributed by atoms with Gasteiger partial charge in [-0.2, -0.15) is 10.2 Å². The molecule has 0 spiro atoms. The lowest BCUT2D eigenvalue weighted by Gasteiger charge is -2.23. The van der Waals surface area contributed by atoms with E-state index in [2.05, 4.69) is 38.8 Å². The van der Waals surface area contributed by atoms with Crippen LogP contribution < -0.4 is 5.32 Å². The van der Waals surface area contributed by atoms with Crippen LogP contribution >= 0.6 is 0 Å². The lowest BCUT2D eigenvalue weighted by atomic mass is 10.1. The van der Waals surface area contributed by atoms with E-state index in [1.807, 2.05) is 34.6 Å². The average molecular weight is 348 g/mol. The molecule has 1 aliphatic rings. The lowest BCUT2D eigenvalue weighted by Crippen LogP contribution is -2.37. The molecule has 7 heteroatoms. The zero-order valence-corrected chi connectivity index (χ0v) is 14.6. The summed E-state index contributed by atoms with van der Waals surface area (Å²) in [5.41, 5.74) is 2.92. The van der Waals surface area contributed by atoms with Crippen LogP contribution in [0.25, 0.3) is 22.4 Å². The molecule has 4 aromatic rings. The summed E-state index contributed by atoms with van der Waals surface area (Å²) < 4.78 is 9.84. The Balaban J connectivity index is 1.37. The van der Waals surface area contributed by atoms with Gasteiger partial charge < -0.3 is 9.73 Å². The molecule has 0 unspecified atom stereocenters. The van der Waals surface area contributed by atoms with Crippen molar-refractivity contribution in [2.45, 2.75) is 32.0 Å². The molecule has 1 atom stereocenters. The van der Waals surface area contributed by atoms with E-state index < -0.39 is 0 Å². The van der Waals surface area contributed by atoms with Crippen molar-refractivity contribution in [3.05, 3.63) is 54.2 Å². The summed E-state index contributed by atoms with van der Waals surface area (Å²) in [7, 11) is 1.94. The number of benzene rings is 1. The summed E-state index contributed by atoms with van der Waals surface area (Å²) in [6, 6.07) is 10.5. The van der Waals surface area contributed by atoms with E-state index in [0.717, 1.165) is 59.7 Å². The predicted octanol–water partition coefficient (Wildman–Crippen LogP) is 2.53. The third-order valence-corrected chi connectivity index (χ3v) is 4.95. The Labute approximate surface area is 150 Å². The Kier molecular flexibility index (Phi) is 3.60. The number of fused-ring (bicyclic) bond motifs is 2. The predicted molar refractivity (Wildman–Crippen MR) is 97.4 cm³/mol. The molecule has 0 aliphatic carbocycles. The van der Waals surface area contributed by atoms with E-state index >= 15 is 0 Å². The molecule has 26 heavy (non-hydrogen) atoms. The van der Waals surface area contributed by atoms with Gasteiger partial charge in [-0.05, 0) is 18.6 Å². The van der Waals surface area contributed by atoms with Crippen LogP contribution in [0.1, 0.15) is 17.8 Å². The van der Waals surface area contributed by atoms with E-state index in [0.29, 0.717) is 6.04 Å². The van der Waals surface area contributed by atoms with Crippen LogP contribution in [0.4, 0.5) is 0 Å². The number of aryl methyl sites for hydroxylation is 2. The fraction of sp³-hybridized carbons (Fsp3) is 0.316. The minimum absolute atomic E-state index is 0.382. The zero-order valence-electron chi connectivity index (χ0n) is 14.6. The number of hydrogen-bond acceptors (Lipinski definition) is 5. The molecule has 1 aliphatic heterocycles. The normalized spacial score (nSPS) is 16.9. The molecule has 0 bridgehead atoms. The van der Waals surface area contributed by atoms with E-state index in [9.17, 15) is 0 Å². The summed E-state index contributed by atoms with van der Waals surface area (Å²) in [5, 5.41) is 13.7. The van der Waals surface area contributed by atoms with Gasteiger partial charge in [-0.1, -0.05) is 18.2 Å². The first kappa shape index (κ1) is 15.3. The quantitative estimate of drug-likeness (QED) is 0.613. The Hall–Kier alpha value is -2.93. The molecule has 0 radical (unpaired) electrons. The van der Waals surface area contributed by atoms with Crippen LogP contribution in [-0.4, -0.2) is 30.6 Å². The Morgan fingerprint density at radius 2 is 2.23 bits per heavy atom. The molecule has 132 valence electrons. The van der Waals surface area contributed by atoms with E-state index in [-0.39, 0.29) is 0 Å². The van der Waals surface area contributed by atoms with E-state index in [1.54, 1.807) is 6.33 Å². The van der Waals surface area contributed by atoms with Crippen LogP contribution in [0.2, 0.25) is 0 Å². The molecular weight excluding hydrogens is 328 g/mol. The van der Waals surface area contributed by atoms with Crippen molar-refractivity contribution in [2.24, 2.45) is 7.05 Å². The SMILES string of the molecule is Cn1cc(CN[C@@H]2CCc3ncnn3C2)c(-c2cc3ccccc3o2)n1. The van der Waals surface area contributed by atoms with Crippen molar-refractivity contribution < 1.29 is 4.42 Å². The van der Waals surface area contributed by atoms with Crippen LogP contribution in [-0.2, 0) is 26.6 Å². The first-order valence-corrected chi connectivity index (χ1v) is 8.88. The van der Waals surface area contributed by atoms with Gasteiger partial charge in [0.2, 0.25) is 0 Å². The van der Waals surface area contributed by atoms with Gasteiger partial charge in [0, 0.05) is 43.2 Å². The minimum atomic E-state index is 0.382. The molecule has 3 aromatic heterocycles.